The van der Waals surface area contributed by atoms with E-state index in [0.29, 0.717) is 19.6 Å². The van der Waals surface area contributed by atoms with Crippen LogP contribution in [0.15, 0.2) is 29.2 Å². The standard InChI is InChI=1S/C18H25NO3S/c1-3-22-18(21)15-5-4-11-19(13-15)17(20)10-12-23-16-8-6-14(2)7-9-16/h6-9,15H,3-5,10-13H2,1-2H3/t15-/m1/s1. The number of piperidine rings is 1. The molecule has 0 bridgehead atoms. The molecule has 5 heteroatoms. The van der Waals surface area contributed by atoms with Crippen molar-refractivity contribution in [2.24, 2.45) is 5.92 Å². The molecule has 0 radical (unpaired) electrons. The summed E-state index contributed by atoms with van der Waals surface area (Å²) in [5.41, 5.74) is 1.24. The summed E-state index contributed by atoms with van der Waals surface area (Å²) in [5, 5.41) is 0. The number of hydrogen-bond donors (Lipinski definition) is 0. The van der Waals surface area contributed by atoms with Crippen molar-refractivity contribution in [1.29, 1.82) is 0 Å². The summed E-state index contributed by atoms with van der Waals surface area (Å²) in [6.45, 7) is 5.54. The number of likely N-dealkylation sites (tertiary alicyclic amines) is 1. The molecule has 0 unspecified atom stereocenters. The van der Waals surface area contributed by atoms with Crippen LogP contribution < -0.4 is 0 Å². The Labute approximate surface area is 142 Å². The lowest BCUT2D eigenvalue weighted by Crippen LogP contribution is -2.42. The molecule has 1 aliphatic heterocycles. The first-order valence-corrected chi connectivity index (χ1v) is 9.22. The van der Waals surface area contributed by atoms with Crippen molar-refractivity contribution in [3.8, 4) is 0 Å². The van der Waals surface area contributed by atoms with Crippen molar-refractivity contribution in [3.05, 3.63) is 29.8 Å². The van der Waals surface area contributed by atoms with Gasteiger partial charge in [0.25, 0.3) is 0 Å². The lowest BCUT2D eigenvalue weighted by molar-refractivity contribution is -0.151. The second kappa shape index (κ2) is 8.96. The average Bonchev–Trinajstić information content (AvgIpc) is 2.57. The maximum Gasteiger partial charge on any atom is 0.310 e. The number of amides is 1. The van der Waals surface area contributed by atoms with Crippen LogP contribution in [0.4, 0.5) is 0 Å². The van der Waals surface area contributed by atoms with E-state index in [4.69, 9.17) is 4.74 Å². The van der Waals surface area contributed by atoms with E-state index < -0.39 is 0 Å². The molecule has 1 aromatic rings. The van der Waals surface area contributed by atoms with E-state index in [9.17, 15) is 9.59 Å². The Morgan fingerprint density at radius 3 is 2.74 bits per heavy atom. The maximum atomic E-state index is 12.3. The second-order valence-corrected chi connectivity index (χ2v) is 7.01. The lowest BCUT2D eigenvalue weighted by Gasteiger charge is -2.31. The Kier molecular flexibility index (Phi) is 6.96. The number of esters is 1. The van der Waals surface area contributed by atoms with Crippen LogP contribution in [0.2, 0.25) is 0 Å². The third kappa shape index (κ3) is 5.57. The third-order valence-corrected chi connectivity index (χ3v) is 5.01. The van der Waals surface area contributed by atoms with Crippen LogP contribution in [0, 0.1) is 12.8 Å². The van der Waals surface area contributed by atoms with Gasteiger partial charge in [-0.15, -0.1) is 11.8 Å². The van der Waals surface area contributed by atoms with E-state index in [1.807, 2.05) is 11.8 Å². The molecule has 0 aromatic heterocycles. The minimum Gasteiger partial charge on any atom is -0.466 e. The van der Waals surface area contributed by atoms with Gasteiger partial charge in [-0.1, -0.05) is 17.7 Å². The van der Waals surface area contributed by atoms with Gasteiger partial charge in [0.15, 0.2) is 0 Å². The Hall–Kier alpha value is -1.49. The fraction of sp³-hybridized carbons (Fsp3) is 0.556. The molecule has 1 aliphatic rings. The minimum absolute atomic E-state index is 0.138. The van der Waals surface area contributed by atoms with Crippen molar-refractivity contribution in [2.45, 2.75) is 38.0 Å². The van der Waals surface area contributed by atoms with Gasteiger partial charge in [0.1, 0.15) is 0 Å². The molecule has 1 heterocycles. The zero-order valence-electron chi connectivity index (χ0n) is 13.9. The number of nitrogens with zero attached hydrogens (tertiary/aromatic N) is 1. The molecule has 1 atom stereocenters. The van der Waals surface area contributed by atoms with Crippen LogP contribution in [0.5, 0.6) is 0 Å². The van der Waals surface area contributed by atoms with Crippen molar-refractivity contribution in [1.82, 2.24) is 4.90 Å². The molecular weight excluding hydrogens is 310 g/mol. The Balaban J connectivity index is 1.76. The first-order valence-electron chi connectivity index (χ1n) is 8.24. The molecule has 1 aromatic carbocycles. The maximum absolute atomic E-state index is 12.3. The van der Waals surface area contributed by atoms with Crippen molar-refractivity contribution < 1.29 is 14.3 Å². The number of hydrogen-bond acceptors (Lipinski definition) is 4. The van der Waals surface area contributed by atoms with Crippen molar-refractivity contribution >= 4 is 23.6 Å². The van der Waals surface area contributed by atoms with Gasteiger partial charge in [-0.05, 0) is 38.8 Å². The number of rotatable bonds is 6. The van der Waals surface area contributed by atoms with Crippen molar-refractivity contribution in [2.75, 3.05) is 25.4 Å². The Morgan fingerprint density at radius 1 is 1.30 bits per heavy atom. The first kappa shape index (κ1) is 17.9. The van der Waals surface area contributed by atoms with E-state index in [0.717, 1.165) is 25.1 Å². The summed E-state index contributed by atoms with van der Waals surface area (Å²) < 4.78 is 5.08. The summed E-state index contributed by atoms with van der Waals surface area (Å²) >= 11 is 1.70. The molecule has 0 spiro atoms. The molecule has 0 aliphatic carbocycles. The predicted octanol–water partition coefficient (Wildman–Crippen LogP) is 3.28. The monoisotopic (exact) mass is 335 g/mol. The van der Waals surface area contributed by atoms with E-state index in [-0.39, 0.29) is 17.8 Å². The quantitative estimate of drug-likeness (QED) is 0.591. The number of thioether (sulfide) groups is 1. The number of carbonyl (C=O) groups excluding carboxylic acids is 2. The fourth-order valence-electron chi connectivity index (χ4n) is 2.70. The normalized spacial score (nSPS) is 17.8. The SMILES string of the molecule is CCOC(=O)[C@@H]1CCCN(C(=O)CCSc2ccc(C)cc2)C1. The Morgan fingerprint density at radius 2 is 2.04 bits per heavy atom. The van der Waals surface area contributed by atoms with E-state index in [1.54, 1.807) is 11.8 Å². The van der Waals surface area contributed by atoms with E-state index in [2.05, 4.69) is 31.2 Å². The molecule has 2 rings (SSSR count). The topological polar surface area (TPSA) is 46.6 Å². The summed E-state index contributed by atoms with van der Waals surface area (Å²) in [6, 6.07) is 8.34. The molecule has 0 saturated carbocycles. The third-order valence-electron chi connectivity index (χ3n) is 4.00. The Bertz CT molecular complexity index is 530. The van der Waals surface area contributed by atoms with Crippen LogP contribution in [0.1, 0.15) is 31.7 Å². The first-order chi connectivity index (χ1) is 11.1. The molecule has 126 valence electrons. The summed E-state index contributed by atoms with van der Waals surface area (Å²) in [6.07, 6.45) is 2.20. The summed E-state index contributed by atoms with van der Waals surface area (Å²) in [5.74, 6) is 0.581. The summed E-state index contributed by atoms with van der Waals surface area (Å²) in [7, 11) is 0. The van der Waals surface area contributed by atoms with Gasteiger partial charge >= 0.3 is 5.97 Å². The molecule has 0 N–H and O–H groups in total. The second-order valence-electron chi connectivity index (χ2n) is 5.84. The highest BCUT2D eigenvalue weighted by Crippen LogP contribution is 2.22. The van der Waals surface area contributed by atoms with Gasteiger partial charge in [-0.25, -0.2) is 0 Å². The van der Waals surface area contributed by atoms with Crippen LogP contribution in [0.3, 0.4) is 0 Å². The van der Waals surface area contributed by atoms with Gasteiger partial charge in [-0.3, -0.25) is 9.59 Å². The van der Waals surface area contributed by atoms with Crippen LogP contribution in [-0.4, -0.2) is 42.2 Å². The lowest BCUT2D eigenvalue weighted by atomic mass is 9.98. The number of carbonyl (C=O) groups is 2. The van der Waals surface area contributed by atoms with Gasteiger partial charge in [-0.2, -0.15) is 0 Å². The van der Waals surface area contributed by atoms with Gasteiger partial charge in [0.2, 0.25) is 5.91 Å². The average molecular weight is 335 g/mol. The number of ether oxygens (including phenoxy) is 1. The minimum atomic E-state index is -0.168. The fourth-order valence-corrected chi connectivity index (χ4v) is 3.55. The largest absolute Gasteiger partial charge is 0.466 e. The molecule has 1 fully saturated rings. The van der Waals surface area contributed by atoms with Gasteiger partial charge < -0.3 is 9.64 Å². The molecule has 1 amide bonds. The molecule has 1 saturated heterocycles. The molecule has 23 heavy (non-hydrogen) atoms. The number of benzene rings is 1. The predicted molar refractivity (Wildman–Crippen MR) is 92.5 cm³/mol. The van der Waals surface area contributed by atoms with Crippen molar-refractivity contribution in [3.63, 3.8) is 0 Å². The zero-order chi connectivity index (χ0) is 16.7. The highest BCUT2D eigenvalue weighted by Gasteiger charge is 2.28. The highest BCUT2D eigenvalue weighted by atomic mass is 32.2. The van der Waals surface area contributed by atoms with E-state index >= 15 is 0 Å². The van der Waals surface area contributed by atoms with Gasteiger partial charge in [0.05, 0.1) is 12.5 Å². The van der Waals surface area contributed by atoms with Crippen LogP contribution in [-0.2, 0) is 14.3 Å². The number of aryl methyl sites for hydroxylation is 1. The molecular formula is C18H25NO3S. The van der Waals surface area contributed by atoms with Crippen LogP contribution >= 0.6 is 11.8 Å². The molecule has 4 nitrogen and oxygen atoms in total. The highest BCUT2D eigenvalue weighted by molar-refractivity contribution is 7.99. The zero-order valence-corrected chi connectivity index (χ0v) is 14.7. The van der Waals surface area contributed by atoms with Crippen LogP contribution in [0.25, 0.3) is 0 Å². The summed E-state index contributed by atoms with van der Waals surface area (Å²) in [4.78, 5) is 27.2. The van der Waals surface area contributed by atoms with E-state index in [1.165, 1.54) is 10.5 Å². The van der Waals surface area contributed by atoms with Gasteiger partial charge in [0, 0.05) is 30.2 Å². The smallest absolute Gasteiger partial charge is 0.310 e.